The molecule has 11 heavy (non-hydrogen) atoms. The van der Waals surface area contributed by atoms with Gasteiger partial charge >= 0.3 is 0 Å². The molecule has 1 aliphatic rings. The van der Waals surface area contributed by atoms with Crippen LogP contribution < -0.4 is 4.74 Å². The number of fused-ring (bicyclic) bond motifs is 1. The molecule has 0 saturated carbocycles. The van der Waals surface area contributed by atoms with Crippen molar-refractivity contribution in [1.82, 2.24) is 0 Å². The fourth-order valence-electron chi connectivity index (χ4n) is 1.48. The third-order valence-electron chi connectivity index (χ3n) is 2.17. The molecule has 1 heteroatoms. The van der Waals surface area contributed by atoms with Crippen molar-refractivity contribution in [3.05, 3.63) is 29.8 Å². The molecule has 0 radical (unpaired) electrons. The van der Waals surface area contributed by atoms with Crippen LogP contribution in [0.2, 0.25) is 0 Å². The second-order valence-corrected chi connectivity index (χ2v) is 2.96. The number of para-hydroxylation sites is 1. The van der Waals surface area contributed by atoms with Gasteiger partial charge in [-0.3, -0.25) is 0 Å². The van der Waals surface area contributed by atoms with Gasteiger partial charge in [0.2, 0.25) is 0 Å². The first-order valence-corrected chi connectivity index (χ1v) is 4.14. The molecule has 1 aromatic rings. The third-order valence-corrected chi connectivity index (χ3v) is 2.17. The normalized spacial score (nSPS) is 21.0. The molecule has 0 amide bonds. The van der Waals surface area contributed by atoms with E-state index in [2.05, 4.69) is 19.1 Å². The van der Waals surface area contributed by atoms with Crippen molar-refractivity contribution < 1.29 is 4.74 Å². The second-order valence-electron chi connectivity index (χ2n) is 2.96. The van der Waals surface area contributed by atoms with Crippen molar-refractivity contribution >= 4 is 0 Å². The number of ether oxygens (including phenoxy) is 1. The van der Waals surface area contributed by atoms with E-state index in [9.17, 15) is 0 Å². The highest BCUT2D eigenvalue weighted by Crippen LogP contribution is 2.28. The maximum absolute atomic E-state index is 5.66. The summed E-state index contributed by atoms with van der Waals surface area (Å²) in [5.74, 6) is 1.08. The highest BCUT2D eigenvalue weighted by molar-refractivity contribution is 5.37. The molecule has 0 spiro atoms. The Kier molecular flexibility index (Phi) is 1.57. The van der Waals surface area contributed by atoms with E-state index in [-0.39, 0.29) is 0 Å². The lowest BCUT2D eigenvalue weighted by molar-refractivity contribution is 0.228. The topological polar surface area (TPSA) is 9.23 Å². The van der Waals surface area contributed by atoms with E-state index >= 15 is 0 Å². The minimum Gasteiger partial charge on any atom is -0.490 e. The molecule has 0 aliphatic carbocycles. The molecule has 1 heterocycles. The van der Waals surface area contributed by atoms with E-state index in [1.54, 1.807) is 0 Å². The van der Waals surface area contributed by atoms with Gasteiger partial charge in [0.05, 0.1) is 0 Å². The zero-order valence-corrected chi connectivity index (χ0v) is 6.71. The minimum absolute atomic E-state index is 0.424. The Morgan fingerprint density at radius 1 is 1.45 bits per heavy atom. The molecule has 1 atom stereocenters. The van der Waals surface area contributed by atoms with Gasteiger partial charge in [0.15, 0.2) is 0 Å². The summed E-state index contributed by atoms with van der Waals surface area (Å²) in [7, 11) is 0. The molecule has 0 unspecified atom stereocenters. The van der Waals surface area contributed by atoms with Gasteiger partial charge in [0, 0.05) is 6.42 Å². The predicted molar refractivity (Wildman–Crippen MR) is 44.9 cm³/mol. The standard InChI is InChI=1S/C10H12O/c1-2-9-7-8-5-3-4-6-10(8)11-9/h3-6,9H,2,7H2,1H3/t9-/m1/s1. The smallest absolute Gasteiger partial charge is 0.123 e. The van der Waals surface area contributed by atoms with Gasteiger partial charge < -0.3 is 4.74 Å². The zero-order chi connectivity index (χ0) is 7.68. The molecule has 1 nitrogen and oxygen atoms in total. The van der Waals surface area contributed by atoms with Crippen LogP contribution in [0.3, 0.4) is 0 Å². The molecule has 0 saturated heterocycles. The van der Waals surface area contributed by atoms with Crippen molar-refractivity contribution in [2.75, 3.05) is 0 Å². The Balaban J connectivity index is 2.27. The van der Waals surface area contributed by atoms with Crippen LogP contribution in [0.5, 0.6) is 5.75 Å². The maximum Gasteiger partial charge on any atom is 0.123 e. The average Bonchev–Trinajstić information content (AvgIpc) is 2.46. The van der Waals surface area contributed by atoms with E-state index in [1.807, 2.05) is 12.1 Å². The highest BCUT2D eigenvalue weighted by Gasteiger charge is 2.19. The molecule has 0 aromatic heterocycles. The zero-order valence-electron chi connectivity index (χ0n) is 6.71. The molecule has 0 fully saturated rings. The summed E-state index contributed by atoms with van der Waals surface area (Å²) in [6.07, 6.45) is 2.62. The van der Waals surface area contributed by atoms with Crippen LogP contribution in [-0.4, -0.2) is 6.10 Å². The Hall–Kier alpha value is -0.980. The number of hydrogen-bond acceptors (Lipinski definition) is 1. The van der Waals surface area contributed by atoms with Crippen LogP contribution >= 0.6 is 0 Å². The molecule has 0 N–H and O–H groups in total. The van der Waals surface area contributed by atoms with Crippen molar-refractivity contribution in [2.24, 2.45) is 0 Å². The second kappa shape index (κ2) is 2.57. The van der Waals surface area contributed by atoms with Gasteiger partial charge in [0.25, 0.3) is 0 Å². The number of rotatable bonds is 1. The Labute approximate surface area is 67.0 Å². The maximum atomic E-state index is 5.66. The molecule has 0 bridgehead atoms. The highest BCUT2D eigenvalue weighted by atomic mass is 16.5. The summed E-state index contributed by atoms with van der Waals surface area (Å²) >= 11 is 0. The Morgan fingerprint density at radius 3 is 3.00 bits per heavy atom. The molecular weight excluding hydrogens is 136 g/mol. The van der Waals surface area contributed by atoms with Crippen LogP contribution in [0.15, 0.2) is 24.3 Å². The fraction of sp³-hybridized carbons (Fsp3) is 0.400. The molecule has 2 rings (SSSR count). The van der Waals surface area contributed by atoms with Crippen LogP contribution in [-0.2, 0) is 6.42 Å². The Bertz CT molecular complexity index is 230. The van der Waals surface area contributed by atoms with Gasteiger partial charge in [-0.15, -0.1) is 0 Å². The van der Waals surface area contributed by atoms with Gasteiger partial charge in [-0.2, -0.15) is 0 Å². The number of hydrogen-bond donors (Lipinski definition) is 0. The first kappa shape index (κ1) is 6.71. The monoisotopic (exact) mass is 148 g/mol. The van der Waals surface area contributed by atoms with Gasteiger partial charge in [-0.25, -0.2) is 0 Å². The average molecular weight is 148 g/mol. The van der Waals surface area contributed by atoms with Crippen molar-refractivity contribution in [2.45, 2.75) is 25.9 Å². The SMILES string of the molecule is CC[C@@H]1Cc2ccccc2O1. The third kappa shape index (κ3) is 1.11. The predicted octanol–water partition coefficient (Wildman–Crippen LogP) is 2.40. The summed E-state index contributed by atoms with van der Waals surface area (Å²) in [5, 5.41) is 0. The van der Waals surface area contributed by atoms with Crippen LogP contribution in [0.4, 0.5) is 0 Å². The van der Waals surface area contributed by atoms with E-state index in [4.69, 9.17) is 4.74 Å². The lowest BCUT2D eigenvalue weighted by atomic mass is 10.1. The van der Waals surface area contributed by atoms with Crippen molar-refractivity contribution in [1.29, 1.82) is 0 Å². The summed E-state index contributed by atoms with van der Waals surface area (Å²) in [5.41, 5.74) is 1.36. The van der Waals surface area contributed by atoms with E-state index in [0.29, 0.717) is 6.10 Å². The van der Waals surface area contributed by atoms with Gasteiger partial charge in [-0.1, -0.05) is 25.1 Å². The van der Waals surface area contributed by atoms with Crippen LogP contribution in [0, 0.1) is 0 Å². The van der Waals surface area contributed by atoms with Crippen molar-refractivity contribution in [3.63, 3.8) is 0 Å². The Morgan fingerprint density at radius 2 is 2.27 bits per heavy atom. The molecule has 58 valence electrons. The van der Waals surface area contributed by atoms with E-state index < -0.39 is 0 Å². The lowest BCUT2D eigenvalue weighted by Crippen LogP contribution is -2.10. The largest absolute Gasteiger partial charge is 0.490 e. The van der Waals surface area contributed by atoms with Crippen LogP contribution in [0.1, 0.15) is 18.9 Å². The molecular formula is C10H12O. The number of benzene rings is 1. The molecule has 1 aromatic carbocycles. The lowest BCUT2D eigenvalue weighted by Gasteiger charge is -2.05. The quantitative estimate of drug-likeness (QED) is 0.594. The first-order valence-electron chi connectivity index (χ1n) is 4.14. The van der Waals surface area contributed by atoms with Crippen LogP contribution in [0.25, 0.3) is 0 Å². The first-order chi connectivity index (χ1) is 5.40. The summed E-state index contributed by atoms with van der Waals surface area (Å²) in [4.78, 5) is 0. The minimum atomic E-state index is 0.424. The van der Waals surface area contributed by atoms with E-state index in [1.165, 1.54) is 5.56 Å². The van der Waals surface area contributed by atoms with E-state index in [0.717, 1.165) is 18.6 Å². The summed E-state index contributed by atoms with van der Waals surface area (Å²) in [6, 6.07) is 8.28. The molecule has 1 aliphatic heterocycles. The summed E-state index contributed by atoms with van der Waals surface area (Å²) < 4.78 is 5.66. The fourth-order valence-corrected chi connectivity index (χ4v) is 1.48. The van der Waals surface area contributed by atoms with Gasteiger partial charge in [0.1, 0.15) is 11.9 Å². The van der Waals surface area contributed by atoms with Gasteiger partial charge in [-0.05, 0) is 18.1 Å². The summed E-state index contributed by atoms with van der Waals surface area (Å²) in [6.45, 7) is 2.16. The van der Waals surface area contributed by atoms with Crippen molar-refractivity contribution in [3.8, 4) is 5.75 Å².